The van der Waals surface area contributed by atoms with Crippen LogP contribution in [0.5, 0.6) is 0 Å². The van der Waals surface area contributed by atoms with Crippen molar-refractivity contribution >= 4 is 47.4 Å². The standard InChI is InChI=1S/C23H36N6O2.HI/c1-3-21(30)29-13-11-19(18-29)26-23(24-4-2)25-12-10-22(31)28-16-14-27(15-17-28)20-8-6-5-7-9-20;/h5-9,19H,3-4,10-18H2,1-2H3,(H2,24,25,26);1H. The number of guanidine groups is 1. The molecule has 178 valence electrons. The molecule has 2 aliphatic rings. The number of aliphatic imine (C=N–C) groups is 1. The van der Waals surface area contributed by atoms with Gasteiger partial charge in [0.25, 0.3) is 0 Å². The van der Waals surface area contributed by atoms with Crippen molar-refractivity contribution < 1.29 is 9.59 Å². The third-order valence-electron chi connectivity index (χ3n) is 5.88. The van der Waals surface area contributed by atoms with Crippen molar-refractivity contribution in [3.8, 4) is 0 Å². The molecule has 0 spiro atoms. The van der Waals surface area contributed by atoms with Crippen LogP contribution >= 0.6 is 24.0 Å². The number of halogens is 1. The average Bonchev–Trinajstić information content (AvgIpc) is 3.28. The lowest BCUT2D eigenvalue weighted by molar-refractivity contribution is -0.131. The van der Waals surface area contributed by atoms with E-state index >= 15 is 0 Å². The van der Waals surface area contributed by atoms with E-state index in [1.54, 1.807) is 0 Å². The first-order valence-corrected chi connectivity index (χ1v) is 11.5. The van der Waals surface area contributed by atoms with Crippen molar-refractivity contribution in [1.29, 1.82) is 0 Å². The van der Waals surface area contributed by atoms with Gasteiger partial charge in [0, 0.05) is 70.4 Å². The Balaban J connectivity index is 0.00000363. The van der Waals surface area contributed by atoms with Crippen LogP contribution in [-0.4, -0.2) is 86.0 Å². The Kier molecular flexibility index (Phi) is 11.1. The van der Waals surface area contributed by atoms with Gasteiger partial charge in [-0.25, -0.2) is 0 Å². The monoisotopic (exact) mass is 556 g/mol. The number of para-hydroxylation sites is 1. The largest absolute Gasteiger partial charge is 0.368 e. The molecule has 1 aromatic rings. The number of carbonyl (C=O) groups is 2. The highest BCUT2D eigenvalue weighted by molar-refractivity contribution is 14.0. The van der Waals surface area contributed by atoms with E-state index in [9.17, 15) is 9.59 Å². The van der Waals surface area contributed by atoms with Crippen molar-refractivity contribution in [1.82, 2.24) is 20.4 Å². The van der Waals surface area contributed by atoms with Gasteiger partial charge in [-0.05, 0) is 25.5 Å². The van der Waals surface area contributed by atoms with E-state index in [-0.39, 0.29) is 41.8 Å². The molecule has 1 aromatic carbocycles. The molecule has 0 saturated carbocycles. The van der Waals surface area contributed by atoms with Crippen LogP contribution in [0.3, 0.4) is 0 Å². The van der Waals surface area contributed by atoms with Crippen LogP contribution in [0.15, 0.2) is 35.3 Å². The molecular formula is C23H37IN6O2. The maximum atomic E-state index is 12.6. The van der Waals surface area contributed by atoms with Gasteiger partial charge in [-0.3, -0.25) is 14.6 Å². The van der Waals surface area contributed by atoms with Gasteiger partial charge < -0.3 is 25.3 Å². The Morgan fingerprint density at radius 1 is 1.00 bits per heavy atom. The average molecular weight is 556 g/mol. The summed E-state index contributed by atoms with van der Waals surface area (Å²) >= 11 is 0. The summed E-state index contributed by atoms with van der Waals surface area (Å²) in [5.41, 5.74) is 1.21. The summed E-state index contributed by atoms with van der Waals surface area (Å²) in [5, 5.41) is 6.67. The fourth-order valence-electron chi connectivity index (χ4n) is 4.12. The van der Waals surface area contributed by atoms with Crippen molar-refractivity contribution in [2.75, 3.05) is 57.3 Å². The van der Waals surface area contributed by atoms with Gasteiger partial charge in [-0.15, -0.1) is 24.0 Å². The molecule has 32 heavy (non-hydrogen) atoms. The Morgan fingerprint density at radius 2 is 1.72 bits per heavy atom. The molecular weight excluding hydrogens is 519 g/mol. The van der Waals surface area contributed by atoms with E-state index in [0.717, 1.165) is 51.6 Å². The van der Waals surface area contributed by atoms with Gasteiger partial charge in [-0.1, -0.05) is 25.1 Å². The summed E-state index contributed by atoms with van der Waals surface area (Å²) in [6.07, 6.45) is 1.87. The normalized spacial score (nSPS) is 18.9. The zero-order valence-electron chi connectivity index (χ0n) is 19.3. The van der Waals surface area contributed by atoms with E-state index in [4.69, 9.17) is 0 Å². The number of likely N-dealkylation sites (tertiary alicyclic amines) is 1. The molecule has 2 heterocycles. The topological polar surface area (TPSA) is 80.3 Å². The van der Waals surface area contributed by atoms with Crippen LogP contribution in [0, 0.1) is 0 Å². The predicted octanol–water partition coefficient (Wildman–Crippen LogP) is 1.91. The van der Waals surface area contributed by atoms with Crippen LogP contribution in [0.2, 0.25) is 0 Å². The first kappa shape index (κ1) is 26.2. The third kappa shape index (κ3) is 7.53. The van der Waals surface area contributed by atoms with Crippen molar-refractivity contribution in [3.63, 3.8) is 0 Å². The van der Waals surface area contributed by atoms with Crippen LogP contribution in [-0.2, 0) is 9.59 Å². The first-order chi connectivity index (χ1) is 15.1. The maximum Gasteiger partial charge on any atom is 0.224 e. The minimum absolute atomic E-state index is 0. The summed E-state index contributed by atoms with van der Waals surface area (Å²) in [7, 11) is 0. The van der Waals surface area contributed by atoms with Gasteiger partial charge in [0.1, 0.15) is 0 Å². The first-order valence-electron chi connectivity index (χ1n) is 11.5. The van der Waals surface area contributed by atoms with Crippen molar-refractivity contribution in [3.05, 3.63) is 30.3 Å². The molecule has 0 radical (unpaired) electrons. The second-order valence-corrected chi connectivity index (χ2v) is 8.04. The highest BCUT2D eigenvalue weighted by Crippen LogP contribution is 2.16. The number of hydrogen-bond donors (Lipinski definition) is 2. The number of rotatable bonds is 7. The highest BCUT2D eigenvalue weighted by Gasteiger charge is 2.26. The predicted molar refractivity (Wildman–Crippen MR) is 140 cm³/mol. The Labute approximate surface area is 208 Å². The number of nitrogens with one attached hydrogen (secondary N) is 2. The number of piperazine rings is 1. The van der Waals surface area contributed by atoms with Gasteiger partial charge in [-0.2, -0.15) is 0 Å². The second-order valence-electron chi connectivity index (χ2n) is 8.04. The zero-order chi connectivity index (χ0) is 22.1. The van der Waals surface area contributed by atoms with Crippen LogP contribution in [0.25, 0.3) is 0 Å². The Morgan fingerprint density at radius 3 is 2.38 bits per heavy atom. The summed E-state index contributed by atoms with van der Waals surface area (Å²) in [4.78, 5) is 35.3. The van der Waals surface area contributed by atoms with Crippen molar-refractivity contribution in [2.24, 2.45) is 4.99 Å². The molecule has 0 aliphatic carbocycles. The minimum atomic E-state index is 0. The smallest absolute Gasteiger partial charge is 0.224 e. The van der Waals surface area contributed by atoms with Gasteiger partial charge in [0.05, 0.1) is 6.54 Å². The van der Waals surface area contributed by atoms with Crippen LogP contribution in [0.1, 0.15) is 33.1 Å². The van der Waals surface area contributed by atoms with Gasteiger partial charge >= 0.3 is 0 Å². The third-order valence-corrected chi connectivity index (χ3v) is 5.88. The second kappa shape index (κ2) is 13.5. The van der Waals surface area contributed by atoms with Gasteiger partial charge in [0.2, 0.25) is 11.8 Å². The lowest BCUT2D eigenvalue weighted by Gasteiger charge is -2.36. The number of nitrogens with zero attached hydrogens (tertiary/aromatic N) is 4. The van der Waals surface area contributed by atoms with E-state index in [0.29, 0.717) is 25.9 Å². The molecule has 2 amide bonds. The van der Waals surface area contributed by atoms with Crippen LogP contribution < -0.4 is 15.5 Å². The molecule has 1 unspecified atom stereocenters. The molecule has 1 atom stereocenters. The zero-order valence-corrected chi connectivity index (χ0v) is 21.6. The lowest BCUT2D eigenvalue weighted by Crippen LogP contribution is -2.49. The molecule has 0 bridgehead atoms. The summed E-state index contributed by atoms with van der Waals surface area (Å²) in [5.74, 6) is 1.08. The number of amides is 2. The highest BCUT2D eigenvalue weighted by atomic mass is 127. The fourth-order valence-corrected chi connectivity index (χ4v) is 4.12. The number of carbonyl (C=O) groups excluding carboxylic acids is 2. The van der Waals surface area contributed by atoms with E-state index in [1.807, 2.05) is 41.8 Å². The number of hydrogen-bond acceptors (Lipinski definition) is 4. The van der Waals surface area contributed by atoms with Gasteiger partial charge in [0.15, 0.2) is 5.96 Å². The van der Waals surface area contributed by atoms with Crippen molar-refractivity contribution in [2.45, 2.75) is 39.2 Å². The summed E-state index contributed by atoms with van der Waals surface area (Å²) in [6.45, 7) is 9.85. The molecule has 2 N–H and O–H groups in total. The molecule has 2 saturated heterocycles. The minimum Gasteiger partial charge on any atom is -0.368 e. The molecule has 8 nitrogen and oxygen atoms in total. The summed E-state index contributed by atoms with van der Waals surface area (Å²) in [6, 6.07) is 10.5. The SMILES string of the molecule is CCNC(=NCCC(=O)N1CCN(c2ccccc2)CC1)NC1CCN(C(=O)CC)C1.I. The van der Waals surface area contributed by atoms with Crippen LogP contribution in [0.4, 0.5) is 5.69 Å². The Bertz CT molecular complexity index is 752. The van der Waals surface area contributed by atoms with E-state index < -0.39 is 0 Å². The number of anilines is 1. The summed E-state index contributed by atoms with van der Waals surface area (Å²) < 4.78 is 0. The molecule has 3 rings (SSSR count). The molecule has 0 aromatic heterocycles. The van der Waals surface area contributed by atoms with E-state index in [2.05, 4.69) is 32.7 Å². The maximum absolute atomic E-state index is 12.6. The fraction of sp³-hybridized carbons (Fsp3) is 0.609. The lowest BCUT2D eigenvalue weighted by atomic mass is 10.2. The van der Waals surface area contributed by atoms with E-state index in [1.165, 1.54) is 5.69 Å². The molecule has 9 heteroatoms. The number of benzene rings is 1. The quantitative estimate of drug-likeness (QED) is 0.305. The molecule has 2 fully saturated rings. The molecule has 2 aliphatic heterocycles. The Hall–Kier alpha value is -2.04.